The molecule has 0 unspecified atom stereocenters. The number of rotatable bonds is 1. The second kappa shape index (κ2) is 3.36. The third-order valence-electron chi connectivity index (χ3n) is 2.41. The lowest BCUT2D eigenvalue weighted by atomic mass is 10.0. The third-order valence-corrected chi connectivity index (χ3v) is 2.41. The maximum absolute atomic E-state index is 12.2. The Morgan fingerprint density at radius 3 is 2.60 bits per heavy atom. The maximum Gasteiger partial charge on any atom is 0.395 e. The highest BCUT2D eigenvalue weighted by Crippen LogP contribution is 2.34. The highest BCUT2D eigenvalue weighted by Gasteiger charge is 2.47. The van der Waals surface area contributed by atoms with E-state index in [-0.39, 0.29) is 13.1 Å². The molecular formula is C9H10F3N3. The van der Waals surface area contributed by atoms with E-state index in [0.717, 1.165) is 5.69 Å². The molecule has 2 heterocycles. The second-order valence-electron chi connectivity index (χ2n) is 3.64. The van der Waals surface area contributed by atoms with E-state index in [2.05, 4.69) is 9.97 Å². The quantitative estimate of drug-likeness (QED) is 0.718. The molecule has 82 valence electrons. The van der Waals surface area contributed by atoms with Crippen LogP contribution < -0.4 is 4.90 Å². The molecule has 1 aliphatic rings. The molecule has 2 rings (SSSR count). The van der Waals surface area contributed by atoms with Crippen LogP contribution in [0.25, 0.3) is 0 Å². The number of aromatic nitrogens is 2. The summed E-state index contributed by atoms with van der Waals surface area (Å²) in [4.78, 5) is 9.52. The highest BCUT2D eigenvalue weighted by atomic mass is 19.4. The summed E-state index contributed by atoms with van der Waals surface area (Å²) in [5, 5.41) is 0. The minimum absolute atomic E-state index is 0.0348. The lowest BCUT2D eigenvalue weighted by Crippen LogP contribution is -2.54. The van der Waals surface area contributed by atoms with Gasteiger partial charge in [-0.05, 0) is 13.0 Å². The first-order chi connectivity index (χ1) is 6.97. The molecule has 1 aromatic rings. The second-order valence-corrected chi connectivity index (χ2v) is 3.64. The van der Waals surface area contributed by atoms with Crippen molar-refractivity contribution in [1.29, 1.82) is 0 Å². The van der Waals surface area contributed by atoms with Crippen molar-refractivity contribution in [2.75, 3.05) is 18.0 Å². The van der Waals surface area contributed by atoms with E-state index < -0.39 is 12.1 Å². The molecule has 6 heteroatoms. The van der Waals surface area contributed by atoms with E-state index in [4.69, 9.17) is 0 Å². The first-order valence-corrected chi connectivity index (χ1v) is 4.58. The molecule has 3 nitrogen and oxygen atoms in total. The molecule has 1 fully saturated rings. The number of anilines is 1. The minimum Gasteiger partial charge on any atom is -0.339 e. The van der Waals surface area contributed by atoms with Crippen molar-refractivity contribution in [3.63, 3.8) is 0 Å². The average Bonchev–Trinajstić information content (AvgIpc) is 1.97. The molecule has 0 atom stereocenters. The lowest BCUT2D eigenvalue weighted by Gasteiger charge is -2.39. The van der Waals surface area contributed by atoms with Crippen LogP contribution in [0, 0.1) is 12.8 Å². The fourth-order valence-electron chi connectivity index (χ4n) is 1.44. The lowest BCUT2D eigenvalue weighted by molar-refractivity contribution is -0.180. The van der Waals surface area contributed by atoms with Gasteiger partial charge < -0.3 is 4.90 Å². The molecule has 0 N–H and O–H groups in total. The van der Waals surface area contributed by atoms with Crippen LogP contribution in [-0.4, -0.2) is 29.2 Å². The number of hydrogen-bond donors (Lipinski definition) is 0. The summed E-state index contributed by atoms with van der Waals surface area (Å²) >= 11 is 0. The van der Waals surface area contributed by atoms with Gasteiger partial charge in [0.15, 0.2) is 0 Å². The average molecular weight is 217 g/mol. The monoisotopic (exact) mass is 217 g/mol. The summed E-state index contributed by atoms with van der Waals surface area (Å²) in [6, 6.07) is 1.71. The number of aryl methyl sites for hydroxylation is 1. The number of nitrogens with zero attached hydrogens (tertiary/aromatic N) is 3. The van der Waals surface area contributed by atoms with Crippen LogP contribution in [0.1, 0.15) is 5.69 Å². The first kappa shape index (κ1) is 10.2. The molecule has 1 aromatic heterocycles. The Labute approximate surface area is 84.9 Å². The van der Waals surface area contributed by atoms with Crippen molar-refractivity contribution in [1.82, 2.24) is 9.97 Å². The standard InChI is InChI=1S/C9H10F3N3/c1-6-2-3-13-8(14-6)15-4-7(5-15)9(10,11)12/h2-3,7H,4-5H2,1H3. The first-order valence-electron chi connectivity index (χ1n) is 4.58. The Bertz CT molecular complexity index is 358. The molecule has 0 aliphatic carbocycles. The number of alkyl halides is 3. The van der Waals surface area contributed by atoms with Gasteiger partial charge in [0.1, 0.15) is 0 Å². The summed E-state index contributed by atoms with van der Waals surface area (Å²) in [6.07, 6.45) is -2.54. The van der Waals surface area contributed by atoms with E-state index in [1.807, 2.05) is 0 Å². The number of halogens is 3. The Morgan fingerprint density at radius 2 is 2.07 bits per heavy atom. The molecule has 0 saturated carbocycles. The SMILES string of the molecule is Cc1ccnc(N2CC(C(F)(F)F)C2)n1. The van der Waals surface area contributed by atoms with Gasteiger partial charge in [0, 0.05) is 25.0 Å². The molecule has 0 amide bonds. The topological polar surface area (TPSA) is 29.0 Å². The van der Waals surface area contributed by atoms with Crippen molar-refractivity contribution in [3.05, 3.63) is 18.0 Å². The molecule has 0 bridgehead atoms. The van der Waals surface area contributed by atoms with Crippen molar-refractivity contribution in [2.45, 2.75) is 13.1 Å². The van der Waals surface area contributed by atoms with Gasteiger partial charge in [0.25, 0.3) is 0 Å². The van der Waals surface area contributed by atoms with Gasteiger partial charge in [0.05, 0.1) is 5.92 Å². The highest BCUT2D eigenvalue weighted by molar-refractivity contribution is 5.34. The molecule has 0 spiro atoms. The molecule has 1 aliphatic heterocycles. The summed E-state index contributed by atoms with van der Waals surface area (Å²) in [6.45, 7) is 1.71. The Morgan fingerprint density at radius 1 is 1.40 bits per heavy atom. The smallest absolute Gasteiger partial charge is 0.339 e. The zero-order valence-electron chi connectivity index (χ0n) is 8.12. The molecule has 1 saturated heterocycles. The van der Waals surface area contributed by atoms with Gasteiger partial charge in [-0.1, -0.05) is 0 Å². The van der Waals surface area contributed by atoms with Crippen molar-refractivity contribution >= 4 is 5.95 Å². The predicted octanol–water partition coefficient (Wildman–Crippen LogP) is 1.78. The predicted molar refractivity (Wildman–Crippen MR) is 48.5 cm³/mol. The summed E-state index contributed by atoms with van der Waals surface area (Å²) in [7, 11) is 0. The van der Waals surface area contributed by atoms with Gasteiger partial charge in [-0.3, -0.25) is 0 Å². The van der Waals surface area contributed by atoms with Crippen LogP contribution in [0.5, 0.6) is 0 Å². The molecule has 0 radical (unpaired) electrons. The molecular weight excluding hydrogens is 207 g/mol. The van der Waals surface area contributed by atoms with Gasteiger partial charge in [-0.2, -0.15) is 13.2 Å². The van der Waals surface area contributed by atoms with Crippen LogP contribution in [0.2, 0.25) is 0 Å². The largest absolute Gasteiger partial charge is 0.395 e. The third kappa shape index (κ3) is 2.03. The summed E-state index contributed by atoms with van der Waals surface area (Å²) in [5.41, 5.74) is 0.760. The van der Waals surface area contributed by atoms with E-state index in [9.17, 15) is 13.2 Å². The minimum atomic E-state index is -4.10. The fourth-order valence-corrected chi connectivity index (χ4v) is 1.44. The summed E-state index contributed by atoms with van der Waals surface area (Å²) in [5.74, 6) is -0.850. The van der Waals surface area contributed by atoms with Crippen molar-refractivity contribution in [2.24, 2.45) is 5.92 Å². The van der Waals surface area contributed by atoms with E-state index in [1.54, 1.807) is 19.2 Å². The van der Waals surface area contributed by atoms with Gasteiger partial charge in [0.2, 0.25) is 5.95 Å². The van der Waals surface area contributed by atoms with Crippen LogP contribution >= 0.6 is 0 Å². The maximum atomic E-state index is 12.2. The normalized spacial score (nSPS) is 17.7. The fraction of sp³-hybridized carbons (Fsp3) is 0.556. The van der Waals surface area contributed by atoms with Crippen LogP contribution in [-0.2, 0) is 0 Å². The Hall–Kier alpha value is -1.33. The van der Waals surface area contributed by atoms with Crippen LogP contribution in [0.4, 0.5) is 19.1 Å². The van der Waals surface area contributed by atoms with E-state index in [1.165, 1.54) is 4.90 Å². The van der Waals surface area contributed by atoms with Gasteiger partial charge >= 0.3 is 6.18 Å². The molecule has 15 heavy (non-hydrogen) atoms. The summed E-state index contributed by atoms with van der Waals surface area (Å²) < 4.78 is 36.6. The number of hydrogen-bond acceptors (Lipinski definition) is 3. The van der Waals surface area contributed by atoms with Crippen LogP contribution in [0.15, 0.2) is 12.3 Å². The van der Waals surface area contributed by atoms with Crippen LogP contribution in [0.3, 0.4) is 0 Å². The Kier molecular flexibility index (Phi) is 2.28. The zero-order chi connectivity index (χ0) is 11.1. The van der Waals surface area contributed by atoms with Crippen molar-refractivity contribution in [3.8, 4) is 0 Å². The van der Waals surface area contributed by atoms with E-state index in [0.29, 0.717) is 5.95 Å². The Balaban J connectivity index is 2.00. The zero-order valence-corrected chi connectivity index (χ0v) is 8.12. The van der Waals surface area contributed by atoms with E-state index >= 15 is 0 Å². The van der Waals surface area contributed by atoms with Crippen molar-refractivity contribution < 1.29 is 13.2 Å². The van der Waals surface area contributed by atoms with Gasteiger partial charge in [-0.25, -0.2) is 9.97 Å². The molecule has 0 aromatic carbocycles. The van der Waals surface area contributed by atoms with Gasteiger partial charge in [-0.15, -0.1) is 0 Å².